The molecule has 0 aromatic heterocycles. The van der Waals surface area contributed by atoms with Crippen LogP contribution in [0.4, 0.5) is 0 Å². The van der Waals surface area contributed by atoms with Crippen molar-refractivity contribution in [3.8, 4) is 0 Å². The molecule has 1 N–H and O–H groups in total. The van der Waals surface area contributed by atoms with Crippen LogP contribution in [0.5, 0.6) is 0 Å². The quantitative estimate of drug-likeness (QED) is 0.736. The third kappa shape index (κ3) is 5.45. The summed E-state index contributed by atoms with van der Waals surface area (Å²) in [5.74, 6) is 2.46. The van der Waals surface area contributed by atoms with Gasteiger partial charge in [0, 0.05) is 16.6 Å². The molecule has 0 amide bonds. The lowest BCUT2D eigenvalue weighted by atomic mass is 10.1. The van der Waals surface area contributed by atoms with Gasteiger partial charge < -0.3 is 5.32 Å². The average Bonchev–Trinajstić information content (AvgIpc) is 2.29. The Labute approximate surface area is 118 Å². The topological polar surface area (TPSA) is 12.0 Å². The van der Waals surface area contributed by atoms with E-state index in [1.54, 1.807) is 0 Å². The Bertz CT molecular complexity index is 330. The van der Waals surface area contributed by atoms with Crippen LogP contribution in [-0.4, -0.2) is 17.5 Å². The summed E-state index contributed by atoms with van der Waals surface area (Å²) >= 11 is 5.62. The fraction of sp³-hybridized carbons (Fsp3) is 0.571. The van der Waals surface area contributed by atoms with Gasteiger partial charge in [-0.3, -0.25) is 0 Å². The summed E-state index contributed by atoms with van der Waals surface area (Å²) in [5, 5.41) is 3.65. The van der Waals surface area contributed by atoms with E-state index in [1.165, 1.54) is 28.0 Å². The van der Waals surface area contributed by atoms with Gasteiger partial charge in [0.2, 0.25) is 0 Å². The van der Waals surface area contributed by atoms with Crippen LogP contribution in [0, 0.1) is 0 Å². The summed E-state index contributed by atoms with van der Waals surface area (Å²) in [6.07, 6.45) is 1.23. The van der Waals surface area contributed by atoms with E-state index < -0.39 is 0 Å². The third-order valence-electron chi connectivity index (χ3n) is 2.81. The second-order valence-corrected chi connectivity index (χ2v) is 6.54. The lowest BCUT2D eigenvalue weighted by molar-refractivity contribution is 0.470. The van der Waals surface area contributed by atoms with E-state index in [-0.39, 0.29) is 0 Å². The van der Waals surface area contributed by atoms with Gasteiger partial charge in [0.1, 0.15) is 0 Å². The fourth-order valence-corrected chi connectivity index (χ4v) is 3.27. The van der Waals surface area contributed by atoms with Crippen molar-refractivity contribution in [1.29, 1.82) is 0 Å². The third-order valence-corrected chi connectivity index (χ3v) is 4.46. The van der Waals surface area contributed by atoms with Crippen LogP contribution in [0.2, 0.25) is 0 Å². The summed E-state index contributed by atoms with van der Waals surface area (Å²) in [6, 6.07) is 9.39. The van der Waals surface area contributed by atoms with Crippen molar-refractivity contribution in [2.45, 2.75) is 39.3 Å². The van der Waals surface area contributed by atoms with E-state index in [0.717, 1.165) is 0 Å². The predicted molar refractivity (Wildman–Crippen MR) is 82.8 cm³/mol. The summed E-state index contributed by atoms with van der Waals surface area (Å²) in [6.45, 7) is 6.71. The van der Waals surface area contributed by atoms with Gasteiger partial charge in [0.15, 0.2) is 0 Å². The number of thioether (sulfide) groups is 1. The molecular weight excluding hydrogens is 294 g/mol. The van der Waals surface area contributed by atoms with Crippen LogP contribution < -0.4 is 5.32 Å². The van der Waals surface area contributed by atoms with E-state index in [2.05, 4.69) is 66.3 Å². The highest BCUT2D eigenvalue weighted by Crippen LogP contribution is 2.23. The zero-order chi connectivity index (χ0) is 12.7. The minimum absolute atomic E-state index is 0.396. The molecule has 0 saturated carbocycles. The van der Waals surface area contributed by atoms with E-state index >= 15 is 0 Å². The second kappa shape index (κ2) is 8.17. The van der Waals surface area contributed by atoms with Crippen molar-refractivity contribution in [3.05, 3.63) is 34.3 Å². The fourth-order valence-electron chi connectivity index (χ4n) is 1.83. The molecule has 0 radical (unpaired) electrons. The number of nitrogens with one attached hydrogen (secondary N) is 1. The number of hydrogen-bond acceptors (Lipinski definition) is 2. The molecule has 0 fully saturated rings. The highest BCUT2D eigenvalue weighted by atomic mass is 79.9. The number of halogens is 1. The molecule has 17 heavy (non-hydrogen) atoms. The molecule has 0 aliphatic carbocycles. The molecule has 0 aliphatic rings. The van der Waals surface area contributed by atoms with Gasteiger partial charge in [-0.05, 0) is 43.4 Å². The zero-order valence-corrected chi connectivity index (χ0v) is 13.3. The van der Waals surface area contributed by atoms with E-state index in [1.807, 2.05) is 11.8 Å². The normalized spacial score (nSPS) is 14.6. The average molecular weight is 316 g/mol. The molecule has 0 spiro atoms. The van der Waals surface area contributed by atoms with Gasteiger partial charge in [-0.1, -0.05) is 41.1 Å². The second-order valence-electron chi connectivity index (χ2n) is 4.30. The van der Waals surface area contributed by atoms with Crippen molar-refractivity contribution >= 4 is 27.7 Å². The molecule has 0 heterocycles. The van der Waals surface area contributed by atoms with E-state index in [4.69, 9.17) is 0 Å². The molecule has 1 aromatic rings. The van der Waals surface area contributed by atoms with Gasteiger partial charge >= 0.3 is 0 Å². The summed E-state index contributed by atoms with van der Waals surface area (Å²) in [7, 11) is 0. The molecule has 96 valence electrons. The predicted octanol–water partition coefficient (Wildman–Crippen LogP) is 4.63. The van der Waals surface area contributed by atoms with Gasteiger partial charge in [-0.25, -0.2) is 0 Å². The van der Waals surface area contributed by atoms with Crippen LogP contribution in [0.3, 0.4) is 0 Å². The Kier molecular flexibility index (Phi) is 7.24. The maximum Gasteiger partial charge on any atom is 0.0305 e. The first-order valence-electron chi connectivity index (χ1n) is 6.23. The van der Waals surface area contributed by atoms with Gasteiger partial charge in [-0.2, -0.15) is 11.8 Å². The molecular formula is C14H22BrNS. The molecule has 1 nitrogen and oxygen atoms in total. The largest absolute Gasteiger partial charge is 0.308 e. The molecule has 0 aliphatic heterocycles. The van der Waals surface area contributed by atoms with Crippen LogP contribution in [0.1, 0.15) is 38.8 Å². The van der Waals surface area contributed by atoms with Crippen molar-refractivity contribution in [1.82, 2.24) is 5.32 Å². The summed E-state index contributed by atoms with van der Waals surface area (Å²) < 4.78 is 1.19. The zero-order valence-electron chi connectivity index (χ0n) is 10.9. The van der Waals surface area contributed by atoms with Crippen molar-refractivity contribution < 1.29 is 0 Å². The van der Waals surface area contributed by atoms with Crippen LogP contribution in [-0.2, 0) is 0 Å². The van der Waals surface area contributed by atoms with Crippen molar-refractivity contribution in [2.24, 2.45) is 0 Å². The highest BCUT2D eigenvalue weighted by molar-refractivity contribution is 9.10. The minimum Gasteiger partial charge on any atom is -0.308 e. The molecule has 1 aromatic carbocycles. The van der Waals surface area contributed by atoms with Gasteiger partial charge in [0.05, 0.1) is 0 Å². The Morgan fingerprint density at radius 2 is 2.00 bits per heavy atom. The van der Waals surface area contributed by atoms with Crippen molar-refractivity contribution in [3.63, 3.8) is 0 Å². The summed E-state index contributed by atoms with van der Waals surface area (Å²) in [5.41, 5.74) is 1.34. The van der Waals surface area contributed by atoms with Gasteiger partial charge in [-0.15, -0.1) is 0 Å². The minimum atomic E-state index is 0.396. The highest BCUT2D eigenvalue weighted by Gasteiger charge is 2.11. The lowest BCUT2D eigenvalue weighted by Crippen LogP contribution is -2.29. The van der Waals surface area contributed by atoms with Gasteiger partial charge in [0.25, 0.3) is 0 Å². The first-order chi connectivity index (χ1) is 8.15. The van der Waals surface area contributed by atoms with Crippen LogP contribution in [0.25, 0.3) is 0 Å². The van der Waals surface area contributed by atoms with Crippen molar-refractivity contribution in [2.75, 3.05) is 11.5 Å². The molecule has 0 saturated heterocycles. The smallest absolute Gasteiger partial charge is 0.0305 e. The molecule has 2 atom stereocenters. The molecule has 2 unspecified atom stereocenters. The number of benzene rings is 1. The molecule has 3 heteroatoms. The lowest BCUT2D eigenvalue weighted by Gasteiger charge is -2.21. The molecule has 1 rings (SSSR count). The van der Waals surface area contributed by atoms with E-state index in [9.17, 15) is 0 Å². The first kappa shape index (κ1) is 15.1. The summed E-state index contributed by atoms with van der Waals surface area (Å²) in [4.78, 5) is 0. The monoisotopic (exact) mass is 315 g/mol. The van der Waals surface area contributed by atoms with Crippen LogP contribution >= 0.6 is 27.7 Å². The maximum atomic E-state index is 3.65. The van der Waals surface area contributed by atoms with Crippen LogP contribution in [0.15, 0.2) is 28.7 Å². The SMILES string of the molecule is CCSCCC(C)NC(C)c1ccccc1Br. The Morgan fingerprint density at radius 1 is 1.29 bits per heavy atom. The maximum absolute atomic E-state index is 3.65. The standard InChI is InChI=1S/C14H22BrNS/c1-4-17-10-9-11(2)16-12(3)13-7-5-6-8-14(13)15/h5-8,11-12,16H,4,9-10H2,1-3H3. The van der Waals surface area contributed by atoms with E-state index in [0.29, 0.717) is 12.1 Å². The first-order valence-corrected chi connectivity index (χ1v) is 8.18. The Balaban J connectivity index is 2.43. The Hall–Kier alpha value is 0.01000. The Morgan fingerprint density at radius 3 is 2.65 bits per heavy atom. The number of hydrogen-bond donors (Lipinski definition) is 1. The number of rotatable bonds is 7. The molecule has 0 bridgehead atoms.